The Bertz CT molecular complexity index is 597. The highest BCUT2D eigenvalue weighted by Gasteiger charge is 2.14. The highest BCUT2D eigenvalue weighted by molar-refractivity contribution is 6.36. The van der Waals surface area contributed by atoms with Crippen molar-refractivity contribution in [2.45, 2.75) is 0 Å². The van der Waals surface area contributed by atoms with Crippen molar-refractivity contribution in [3.8, 4) is 5.75 Å². The molecule has 2 rings (SSSR count). The van der Waals surface area contributed by atoms with Gasteiger partial charge in [-0.05, 0) is 30.3 Å². The first kappa shape index (κ1) is 13.2. The summed E-state index contributed by atoms with van der Waals surface area (Å²) in [5.41, 5.74) is 0.237. The molecular formula is C13H7Cl3O2. The first-order valence-electron chi connectivity index (χ1n) is 4.99. The van der Waals surface area contributed by atoms with E-state index in [1.165, 1.54) is 12.1 Å². The largest absolute Gasteiger partial charge is 0.421 e. The molecule has 5 heteroatoms. The van der Waals surface area contributed by atoms with Crippen molar-refractivity contribution in [1.82, 2.24) is 0 Å². The van der Waals surface area contributed by atoms with Gasteiger partial charge in [0.2, 0.25) is 0 Å². The van der Waals surface area contributed by atoms with E-state index in [1.807, 2.05) is 0 Å². The lowest BCUT2D eigenvalue weighted by molar-refractivity contribution is 0.0735. The summed E-state index contributed by atoms with van der Waals surface area (Å²) in [6.07, 6.45) is 0. The molecule has 0 aromatic heterocycles. The van der Waals surface area contributed by atoms with E-state index in [9.17, 15) is 4.79 Å². The number of para-hydroxylation sites is 1. The zero-order chi connectivity index (χ0) is 13.1. The van der Waals surface area contributed by atoms with Crippen LogP contribution in [-0.4, -0.2) is 5.97 Å². The van der Waals surface area contributed by atoms with E-state index in [0.29, 0.717) is 10.0 Å². The van der Waals surface area contributed by atoms with Crippen LogP contribution in [0.3, 0.4) is 0 Å². The number of carbonyl (C=O) groups excluding carboxylic acids is 1. The topological polar surface area (TPSA) is 26.3 Å². The molecule has 0 spiro atoms. The fourth-order valence-electron chi connectivity index (χ4n) is 1.34. The van der Waals surface area contributed by atoms with Gasteiger partial charge in [0.1, 0.15) is 5.75 Å². The molecule has 0 N–H and O–H groups in total. The summed E-state index contributed by atoms with van der Waals surface area (Å²) in [4.78, 5) is 11.9. The van der Waals surface area contributed by atoms with Crippen molar-refractivity contribution in [2.75, 3.05) is 0 Å². The van der Waals surface area contributed by atoms with Crippen molar-refractivity contribution in [2.24, 2.45) is 0 Å². The fraction of sp³-hybridized carbons (Fsp3) is 0. The average Bonchev–Trinajstić information content (AvgIpc) is 2.32. The van der Waals surface area contributed by atoms with Gasteiger partial charge in [0.15, 0.2) is 0 Å². The molecule has 0 unspecified atom stereocenters. The molecule has 0 saturated heterocycles. The maximum atomic E-state index is 11.9. The zero-order valence-corrected chi connectivity index (χ0v) is 11.3. The van der Waals surface area contributed by atoms with Gasteiger partial charge < -0.3 is 4.74 Å². The van der Waals surface area contributed by atoms with Crippen molar-refractivity contribution in [3.63, 3.8) is 0 Å². The van der Waals surface area contributed by atoms with Crippen LogP contribution in [0.1, 0.15) is 10.4 Å². The van der Waals surface area contributed by atoms with Crippen LogP contribution < -0.4 is 4.74 Å². The van der Waals surface area contributed by atoms with Crippen molar-refractivity contribution < 1.29 is 9.53 Å². The van der Waals surface area contributed by atoms with E-state index in [-0.39, 0.29) is 16.3 Å². The minimum Gasteiger partial charge on any atom is -0.421 e. The summed E-state index contributed by atoms with van der Waals surface area (Å²) in [6.45, 7) is 0. The third-order valence-corrected chi connectivity index (χ3v) is 3.05. The fourth-order valence-corrected chi connectivity index (χ4v) is 2.00. The van der Waals surface area contributed by atoms with E-state index in [1.54, 1.807) is 30.3 Å². The van der Waals surface area contributed by atoms with Gasteiger partial charge in [0, 0.05) is 5.02 Å². The molecule has 0 aliphatic carbocycles. The molecular weight excluding hydrogens is 294 g/mol. The van der Waals surface area contributed by atoms with Gasteiger partial charge in [-0.25, -0.2) is 4.79 Å². The number of carbonyl (C=O) groups is 1. The first-order valence-corrected chi connectivity index (χ1v) is 6.13. The van der Waals surface area contributed by atoms with Crippen LogP contribution in [0.25, 0.3) is 0 Å². The molecule has 0 fully saturated rings. The van der Waals surface area contributed by atoms with Crippen LogP contribution in [0.15, 0.2) is 42.5 Å². The summed E-state index contributed by atoms with van der Waals surface area (Å²) < 4.78 is 5.15. The smallest absolute Gasteiger partial charge is 0.345 e. The number of benzene rings is 2. The Morgan fingerprint density at radius 1 is 0.944 bits per heavy atom. The van der Waals surface area contributed by atoms with Crippen molar-refractivity contribution in [3.05, 3.63) is 63.1 Å². The van der Waals surface area contributed by atoms with Crippen LogP contribution in [-0.2, 0) is 0 Å². The number of hydrogen-bond donors (Lipinski definition) is 0. The predicted molar refractivity (Wildman–Crippen MR) is 72.9 cm³/mol. The molecule has 0 aliphatic rings. The number of rotatable bonds is 2. The van der Waals surface area contributed by atoms with Crippen LogP contribution >= 0.6 is 34.8 Å². The SMILES string of the molecule is O=C(Oc1ccccc1Cl)c1ccc(Cl)cc1Cl. The number of ether oxygens (including phenoxy) is 1. The van der Waals surface area contributed by atoms with Crippen molar-refractivity contribution >= 4 is 40.8 Å². The molecule has 0 radical (unpaired) electrons. The van der Waals surface area contributed by atoms with Crippen molar-refractivity contribution in [1.29, 1.82) is 0 Å². The van der Waals surface area contributed by atoms with Crippen LogP contribution in [0, 0.1) is 0 Å². The lowest BCUT2D eigenvalue weighted by Crippen LogP contribution is -2.09. The van der Waals surface area contributed by atoms with Gasteiger partial charge >= 0.3 is 5.97 Å². The number of hydrogen-bond acceptors (Lipinski definition) is 2. The Kier molecular flexibility index (Phi) is 4.12. The standard InChI is InChI=1S/C13H7Cl3O2/c14-8-5-6-9(11(16)7-8)13(17)18-12-4-2-1-3-10(12)15/h1-7H. The molecule has 0 heterocycles. The maximum absolute atomic E-state index is 11.9. The number of halogens is 3. The lowest BCUT2D eigenvalue weighted by atomic mass is 10.2. The predicted octanol–water partition coefficient (Wildman–Crippen LogP) is 4.87. The van der Waals surface area contributed by atoms with Gasteiger partial charge in [-0.15, -0.1) is 0 Å². The average molecular weight is 302 g/mol. The minimum absolute atomic E-state index is 0.236. The Balaban J connectivity index is 2.25. The molecule has 0 aliphatic heterocycles. The van der Waals surface area contributed by atoms with E-state index in [4.69, 9.17) is 39.5 Å². The van der Waals surface area contributed by atoms with Gasteiger partial charge in [-0.3, -0.25) is 0 Å². The molecule has 2 aromatic carbocycles. The molecule has 2 nitrogen and oxygen atoms in total. The van der Waals surface area contributed by atoms with Crippen LogP contribution in [0.4, 0.5) is 0 Å². The summed E-state index contributed by atoms with van der Waals surface area (Å²) in [7, 11) is 0. The van der Waals surface area contributed by atoms with Gasteiger partial charge in [0.25, 0.3) is 0 Å². The summed E-state index contributed by atoms with van der Waals surface area (Å²) >= 11 is 17.6. The van der Waals surface area contributed by atoms with Gasteiger partial charge in [-0.1, -0.05) is 46.9 Å². The van der Waals surface area contributed by atoms with Gasteiger partial charge in [0.05, 0.1) is 15.6 Å². The summed E-state index contributed by atoms with van der Waals surface area (Å²) in [5, 5.41) is 1.05. The van der Waals surface area contributed by atoms with E-state index in [0.717, 1.165) is 0 Å². The molecule has 92 valence electrons. The Morgan fingerprint density at radius 2 is 1.67 bits per heavy atom. The third kappa shape index (κ3) is 2.96. The summed E-state index contributed by atoms with van der Waals surface area (Å²) in [5.74, 6) is -0.292. The zero-order valence-electron chi connectivity index (χ0n) is 8.99. The maximum Gasteiger partial charge on any atom is 0.345 e. The van der Waals surface area contributed by atoms with E-state index >= 15 is 0 Å². The van der Waals surface area contributed by atoms with E-state index < -0.39 is 5.97 Å². The molecule has 2 aromatic rings. The highest BCUT2D eigenvalue weighted by atomic mass is 35.5. The number of esters is 1. The normalized spacial score (nSPS) is 10.2. The Labute approximate surface area is 119 Å². The Morgan fingerprint density at radius 3 is 2.33 bits per heavy atom. The molecule has 0 bridgehead atoms. The molecule has 18 heavy (non-hydrogen) atoms. The van der Waals surface area contributed by atoms with Crippen LogP contribution in [0.5, 0.6) is 5.75 Å². The first-order chi connectivity index (χ1) is 8.58. The monoisotopic (exact) mass is 300 g/mol. The second-order valence-corrected chi connectivity index (χ2v) is 4.69. The lowest BCUT2D eigenvalue weighted by Gasteiger charge is -2.07. The Hall–Kier alpha value is -1.22. The van der Waals surface area contributed by atoms with Gasteiger partial charge in [-0.2, -0.15) is 0 Å². The molecule has 0 atom stereocenters. The molecule has 0 saturated carbocycles. The van der Waals surface area contributed by atoms with Crippen LogP contribution in [0.2, 0.25) is 15.1 Å². The minimum atomic E-state index is -0.579. The molecule has 0 amide bonds. The quantitative estimate of drug-likeness (QED) is 0.584. The second kappa shape index (κ2) is 5.61. The van der Waals surface area contributed by atoms with E-state index in [2.05, 4.69) is 0 Å². The second-order valence-electron chi connectivity index (χ2n) is 3.44. The third-order valence-electron chi connectivity index (χ3n) is 2.19. The highest BCUT2D eigenvalue weighted by Crippen LogP contribution is 2.26. The summed E-state index contributed by atoms with van der Waals surface area (Å²) in [6, 6.07) is 11.2.